The van der Waals surface area contributed by atoms with Crippen LogP contribution in [0.1, 0.15) is 47.0 Å². The smallest absolute Gasteiger partial charge is 0.343 e. The van der Waals surface area contributed by atoms with Gasteiger partial charge in [-0.25, -0.2) is 4.79 Å². The van der Waals surface area contributed by atoms with Crippen LogP contribution < -0.4 is 4.74 Å². The van der Waals surface area contributed by atoms with Gasteiger partial charge >= 0.3 is 5.97 Å². The Labute approximate surface area is 129 Å². The molecule has 22 heavy (non-hydrogen) atoms. The third-order valence-electron chi connectivity index (χ3n) is 3.71. The number of rotatable bonds is 5. The van der Waals surface area contributed by atoms with Crippen molar-refractivity contribution in [1.29, 1.82) is 0 Å². The van der Waals surface area contributed by atoms with E-state index in [4.69, 9.17) is 9.47 Å². The lowest BCUT2D eigenvalue weighted by Crippen LogP contribution is -2.08. The van der Waals surface area contributed by atoms with Gasteiger partial charge in [-0.3, -0.25) is 0 Å². The van der Waals surface area contributed by atoms with E-state index in [1.165, 1.54) is 0 Å². The highest BCUT2D eigenvalue weighted by Crippen LogP contribution is 2.30. The van der Waals surface area contributed by atoms with Crippen LogP contribution in [-0.2, 0) is 4.74 Å². The van der Waals surface area contributed by atoms with Gasteiger partial charge in [-0.15, -0.1) is 0 Å². The molecule has 0 spiro atoms. The normalized spacial score (nSPS) is 17.8. The maximum atomic E-state index is 12.1. The second-order valence-electron chi connectivity index (χ2n) is 5.33. The van der Waals surface area contributed by atoms with Gasteiger partial charge in [0.15, 0.2) is 0 Å². The molecule has 1 saturated heterocycles. The fourth-order valence-corrected chi connectivity index (χ4v) is 2.23. The van der Waals surface area contributed by atoms with Crippen molar-refractivity contribution in [1.82, 2.24) is 0 Å². The molecule has 1 N–H and O–H groups in total. The van der Waals surface area contributed by atoms with Crippen LogP contribution in [0.15, 0.2) is 48.5 Å². The van der Waals surface area contributed by atoms with Crippen LogP contribution in [0.5, 0.6) is 5.75 Å². The highest BCUT2D eigenvalue weighted by atomic mass is 16.6. The lowest BCUT2D eigenvalue weighted by Gasteiger charge is -2.09. The molecule has 0 saturated carbocycles. The van der Waals surface area contributed by atoms with Gasteiger partial charge in [0, 0.05) is 0 Å². The van der Waals surface area contributed by atoms with E-state index in [1.54, 1.807) is 36.4 Å². The quantitative estimate of drug-likeness (QED) is 0.522. The van der Waals surface area contributed by atoms with Gasteiger partial charge in [0.25, 0.3) is 0 Å². The topological polar surface area (TPSA) is 59.1 Å². The van der Waals surface area contributed by atoms with Crippen LogP contribution in [-0.4, -0.2) is 17.7 Å². The number of hydrogen-bond donors (Lipinski definition) is 1. The second kappa shape index (κ2) is 6.30. The fourth-order valence-electron chi connectivity index (χ4n) is 2.23. The minimum Gasteiger partial charge on any atom is -0.423 e. The first kappa shape index (κ1) is 14.8. The van der Waals surface area contributed by atoms with Crippen molar-refractivity contribution in [3.63, 3.8) is 0 Å². The van der Waals surface area contributed by atoms with Crippen LogP contribution in [0.3, 0.4) is 0 Å². The number of aliphatic hydroxyl groups is 1. The highest BCUT2D eigenvalue weighted by molar-refractivity contribution is 5.91. The Kier molecular flexibility index (Phi) is 4.22. The Balaban J connectivity index is 1.65. The molecular formula is C18H18O4. The summed E-state index contributed by atoms with van der Waals surface area (Å²) in [4.78, 5) is 12.1. The lowest BCUT2D eigenvalue weighted by atomic mass is 10.1. The summed E-state index contributed by atoms with van der Waals surface area (Å²) >= 11 is 0. The first-order valence-electron chi connectivity index (χ1n) is 7.39. The molecule has 0 aromatic heterocycles. The molecule has 2 atom stereocenters. The number of hydrogen-bond acceptors (Lipinski definition) is 4. The van der Waals surface area contributed by atoms with Gasteiger partial charge in [0.1, 0.15) is 11.9 Å². The predicted molar refractivity (Wildman–Crippen MR) is 81.8 cm³/mol. The molecule has 2 aromatic carbocycles. The zero-order valence-electron chi connectivity index (χ0n) is 12.4. The summed E-state index contributed by atoms with van der Waals surface area (Å²) in [5, 5.41) is 9.74. The first-order valence-corrected chi connectivity index (χ1v) is 7.39. The molecule has 3 rings (SSSR count). The Bertz CT molecular complexity index is 642. The van der Waals surface area contributed by atoms with Crippen molar-refractivity contribution in [2.24, 2.45) is 0 Å². The minimum atomic E-state index is -0.498. The van der Waals surface area contributed by atoms with Crippen LogP contribution in [0, 0.1) is 0 Å². The highest BCUT2D eigenvalue weighted by Gasteiger charge is 2.24. The Hall–Kier alpha value is -2.17. The Morgan fingerprint density at radius 3 is 2.41 bits per heavy atom. The summed E-state index contributed by atoms with van der Waals surface area (Å²) in [5.41, 5.74) is 2.35. The average molecular weight is 298 g/mol. The molecule has 114 valence electrons. The van der Waals surface area contributed by atoms with E-state index >= 15 is 0 Å². The Morgan fingerprint density at radius 2 is 1.86 bits per heavy atom. The van der Waals surface area contributed by atoms with E-state index in [0.717, 1.165) is 17.7 Å². The standard InChI is InChI=1S/C18H18O4/c1-2-16(19)12-3-5-14(6-4-12)18(20)22-15-9-7-13(8-10-15)17-11-21-17/h3-10,16-17,19H,2,11H2,1H3. The van der Waals surface area contributed by atoms with Gasteiger partial charge < -0.3 is 14.6 Å². The molecule has 0 radical (unpaired) electrons. The van der Waals surface area contributed by atoms with E-state index in [1.807, 2.05) is 19.1 Å². The van der Waals surface area contributed by atoms with Crippen molar-refractivity contribution in [3.05, 3.63) is 65.2 Å². The first-order chi connectivity index (χ1) is 10.7. The van der Waals surface area contributed by atoms with E-state index in [-0.39, 0.29) is 6.10 Å². The molecule has 2 aromatic rings. The number of ether oxygens (including phenoxy) is 2. The fraction of sp³-hybridized carbons (Fsp3) is 0.278. The van der Waals surface area contributed by atoms with Gasteiger partial charge in [-0.1, -0.05) is 31.2 Å². The monoisotopic (exact) mass is 298 g/mol. The van der Waals surface area contributed by atoms with E-state index in [9.17, 15) is 9.90 Å². The molecule has 1 aliphatic rings. The number of carbonyl (C=O) groups excluding carboxylic acids is 1. The summed E-state index contributed by atoms with van der Waals surface area (Å²) in [7, 11) is 0. The third kappa shape index (κ3) is 3.35. The van der Waals surface area contributed by atoms with Crippen molar-refractivity contribution < 1.29 is 19.4 Å². The maximum absolute atomic E-state index is 12.1. The maximum Gasteiger partial charge on any atom is 0.343 e. The molecule has 1 aliphatic heterocycles. The number of benzene rings is 2. The molecule has 1 heterocycles. The molecule has 2 unspecified atom stereocenters. The van der Waals surface area contributed by atoms with Gasteiger partial charge in [0.05, 0.1) is 18.3 Å². The van der Waals surface area contributed by atoms with Gasteiger partial charge in [-0.2, -0.15) is 0 Å². The summed E-state index contributed by atoms with van der Waals surface area (Å²) in [6, 6.07) is 14.2. The predicted octanol–water partition coefficient (Wildman–Crippen LogP) is 3.42. The molecule has 1 fully saturated rings. The van der Waals surface area contributed by atoms with Crippen molar-refractivity contribution in [2.45, 2.75) is 25.6 Å². The largest absolute Gasteiger partial charge is 0.423 e. The molecular weight excluding hydrogens is 280 g/mol. The summed E-state index contributed by atoms with van der Waals surface area (Å²) in [6.45, 7) is 2.66. The Morgan fingerprint density at radius 1 is 1.23 bits per heavy atom. The molecule has 4 heteroatoms. The van der Waals surface area contributed by atoms with Gasteiger partial charge in [-0.05, 0) is 41.8 Å². The van der Waals surface area contributed by atoms with Crippen LogP contribution in [0.4, 0.5) is 0 Å². The number of aliphatic hydroxyl groups excluding tert-OH is 1. The lowest BCUT2D eigenvalue weighted by molar-refractivity contribution is 0.0734. The van der Waals surface area contributed by atoms with E-state index in [0.29, 0.717) is 17.7 Å². The number of epoxide rings is 1. The summed E-state index contributed by atoms with van der Waals surface area (Å²) < 4.78 is 10.5. The van der Waals surface area contributed by atoms with Crippen molar-refractivity contribution >= 4 is 5.97 Å². The SMILES string of the molecule is CCC(O)c1ccc(C(=O)Oc2ccc(C3CO3)cc2)cc1. The second-order valence-corrected chi connectivity index (χ2v) is 5.33. The summed E-state index contributed by atoms with van der Waals surface area (Å²) in [5.74, 6) is 0.0972. The zero-order chi connectivity index (χ0) is 15.5. The van der Waals surface area contributed by atoms with Crippen LogP contribution in [0.25, 0.3) is 0 Å². The third-order valence-corrected chi connectivity index (χ3v) is 3.71. The number of esters is 1. The van der Waals surface area contributed by atoms with E-state index in [2.05, 4.69) is 0 Å². The zero-order valence-corrected chi connectivity index (χ0v) is 12.4. The van der Waals surface area contributed by atoms with Gasteiger partial charge in [0.2, 0.25) is 0 Å². The summed E-state index contributed by atoms with van der Waals surface area (Å²) in [6.07, 6.45) is 0.338. The minimum absolute atomic E-state index is 0.197. The van der Waals surface area contributed by atoms with Crippen molar-refractivity contribution in [3.8, 4) is 5.75 Å². The van der Waals surface area contributed by atoms with Crippen LogP contribution in [0.2, 0.25) is 0 Å². The van der Waals surface area contributed by atoms with Crippen LogP contribution >= 0.6 is 0 Å². The molecule has 0 amide bonds. The average Bonchev–Trinajstić information content (AvgIpc) is 3.40. The molecule has 0 bridgehead atoms. The number of carbonyl (C=O) groups is 1. The molecule has 4 nitrogen and oxygen atoms in total. The molecule has 0 aliphatic carbocycles. The van der Waals surface area contributed by atoms with E-state index < -0.39 is 12.1 Å². The van der Waals surface area contributed by atoms with Crippen molar-refractivity contribution in [2.75, 3.05) is 6.61 Å².